The summed E-state index contributed by atoms with van der Waals surface area (Å²) in [6.07, 6.45) is 3.15. The molecule has 0 aliphatic heterocycles. The number of aromatic nitrogens is 2. The zero-order valence-corrected chi connectivity index (χ0v) is 13.2. The number of nitrogens with zero attached hydrogens (tertiary/aromatic N) is 2. The van der Waals surface area contributed by atoms with E-state index in [0.717, 1.165) is 12.1 Å². The summed E-state index contributed by atoms with van der Waals surface area (Å²) in [6.45, 7) is 0. The second-order valence-electron chi connectivity index (χ2n) is 5.45. The van der Waals surface area contributed by atoms with E-state index in [9.17, 15) is 18.0 Å². The van der Waals surface area contributed by atoms with Gasteiger partial charge in [0.2, 0.25) is 0 Å². The highest BCUT2D eigenvalue weighted by Gasteiger charge is 2.25. The molecule has 0 unspecified atom stereocenters. The van der Waals surface area contributed by atoms with Crippen LogP contribution in [-0.4, -0.2) is 15.5 Å². The first-order valence-corrected chi connectivity index (χ1v) is 7.45. The molecule has 7 heteroatoms. The van der Waals surface area contributed by atoms with E-state index in [0.29, 0.717) is 11.9 Å². The van der Waals surface area contributed by atoms with Crippen LogP contribution in [0.4, 0.5) is 13.2 Å². The van der Waals surface area contributed by atoms with Crippen molar-refractivity contribution in [1.82, 2.24) is 14.9 Å². The molecule has 1 aromatic heterocycles. The molecule has 128 valence electrons. The van der Waals surface area contributed by atoms with Gasteiger partial charge in [-0.3, -0.25) is 4.79 Å². The second kappa shape index (κ2) is 6.80. The molecule has 2 aromatic carbocycles. The van der Waals surface area contributed by atoms with Crippen molar-refractivity contribution in [3.05, 3.63) is 89.3 Å². The van der Waals surface area contributed by atoms with Gasteiger partial charge in [0.1, 0.15) is 29.3 Å². The van der Waals surface area contributed by atoms with Crippen LogP contribution in [-0.2, 0) is 7.05 Å². The molecule has 4 nitrogen and oxygen atoms in total. The van der Waals surface area contributed by atoms with Crippen LogP contribution < -0.4 is 5.32 Å². The predicted octanol–water partition coefficient (Wildman–Crippen LogP) is 3.36. The monoisotopic (exact) mass is 345 g/mol. The highest BCUT2D eigenvalue weighted by molar-refractivity contribution is 5.94. The van der Waals surface area contributed by atoms with Crippen LogP contribution in [0.15, 0.2) is 54.9 Å². The fourth-order valence-corrected chi connectivity index (χ4v) is 2.53. The van der Waals surface area contributed by atoms with Crippen molar-refractivity contribution in [3.63, 3.8) is 0 Å². The average Bonchev–Trinajstić information content (AvgIpc) is 2.99. The molecule has 3 aromatic rings. The van der Waals surface area contributed by atoms with E-state index in [2.05, 4.69) is 10.3 Å². The van der Waals surface area contributed by atoms with Crippen LogP contribution in [0.1, 0.15) is 27.8 Å². The normalized spacial score (nSPS) is 12.0. The summed E-state index contributed by atoms with van der Waals surface area (Å²) >= 11 is 0. The van der Waals surface area contributed by atoms with E-state index < -0.39 is 29.4 Å². The maximum atomic E-state index is 14.2. The average molecular weight is 345 g/mol. The van der Waals surface area contributed by atoms with E-state index in [1.54, 1.807) is 23.9 Å². The first-order chi connectivity index (χ1) is 12.0. The number of imidazole rings is 1. The van der Waals surface area contributed by atoms with Gasteiger partial charge in [-0.05, 0) is 18.2 Å². The summed E-state index contributed by atoms with van der Waals surface area (Å²) in [5, 5.41) is 2.57. The molecule has 0 fully saturated rings. The van der Waals surface area contributed by atoms with Crippen molar-refractivity contribution < 1.29 is 18.0 Å². The van der Waals surface area contributed by atoms with Gasteiger partial charge in [-0.25, -0.2) is 18.2 Å². The largest absolute Gasteiger partial charge is 0.338 e. The van der Waals surface area contributed by atoms with Crippen LogP contribution in [0.25, 0.3) is 0 Å². The van der Waals surface area contributed by atoms with E-state index in [4.69, 9.17) is 0 Å². The Kier molecular flexibility index (Phi) is 4.56. The Morgan fingerprint density at radius 1 is 1.12 bits per heavy atom. The molecule has 1 amide bonds. The van der Waals surface area contributed by atoms with E-state index in [1.807, 2.05) is 0 Å². The topological polar surface area (TPSA) is 46.9 Å². The molecular weight excluding hydrogens is 331 g/mol. The quantitative estimate of drug-likeness (QED) is 0.788. The Bertz CT molecular complexity index is 923. The number of rotatable bonds is 4. The van der Waals surface area contributed by atoms with Crippen molar-refractivity contribution >= 4 is 5.91 Å². The molecular formula is C18H14F3N3O. The minimum Gasteiger partial charge on any atom is -0.338 e. The summed E-state index contributed by atoms with van der Waals surface area (Å²) < 4.78 is 42.8. The molecule has 0 saturated heterocycles. The number of aryl methyl sites for hydroxylation is 1. The molecule has 1 heterocycles. The lowest BCUT2D eigenvalue weighted by Gasteiger charge is -2.20. The predicted molar refractivity (Wildman–Crippen MR) is 85.3 cm³/mol. The number of carbonyl (C=O) groups is 1. The Balaban J connectivity index is 2.00. The molecule has 3 rings (SSSR count). The smallest absolute Gasteiger partial charge is 0.255 e. The van der Waals surface area contributed by atoms with Gasteiger partial charge in [-0.2, -0.15) is 0 Å². The van der Waals surface area contributed by atoms with E-state index in [-0.39, 0.29) is 11.1 Å². The second-order valence-corrected chi connectivity index (χ2v) is 5.45. The zero-order chi connectivity index (χ0) is 18.0. The minimum absolute atomic E-state index is 0.188. The highest BCUT2D eigenvalue weighted by atomic mass is 19.1. The Morgan fingerprint density at radius 3 is 2.52 bits per heavy atom. The number of hydrogen-bond acceptors (Lipinski definition) is 2. The van der Waals surface area contributed by atoms with Gasteiger partial charge in [0.05, 0.1) is 5.56 Å². The molecule has 0 aliphatic rings. The fraction of sp³-hybridized carbons (Fsp3) is 0.111. The SMILES string of the molecule is Cn1ccnc1[C@H](NC(=O)c1ccc(F)cc1F)c1ccccc1F. The molecule has 1 atom stereocenters. The number of nitrogens with one attached hydrogen (secondary N) is 1. The van der Waals surface area contributed by atoms with Crippen molar-refractivity contribution in [2.45, 2.75) is 6.04 Å². The molecule has 1 N–H and O–H groups in total. The standard InChI is InChI=1S/C18H14F3N3O/c1-24-9-8-22-17(24)16(12-4-2-3-5-14(12)20)23-18(25)13-7-6-11(19)10-15(13)21/h2-10,16H,1H3,(H,23,25)/t16-/m1/s1. The number of benzene rings is 2. The van der Waals surface area contributed by atoms with Gasteiger partial charge in [0.15, 0.2) is 0 Å². The Hall–Kier alpha value is -3.09. The number of carbonyl (C=O) groups excluding carboxylic acids is 1. The van der Waals surface area contributed by atoms with Gasteiger partial charge in [-0.15, -0.1) is 0 Å². The summed E-state index contributed by atoms with van der Waals surface area (Å²) in [5.74, 6) is -2.74. The third-order valence-electron chi connectivity index (χ3n) is 3.78. The number of halogens is 3. The molecule has 25 heavy (non-hydrogen) atoms. The Morgan fingerprint density at radius 2 is 1.88 bits per heavy atom. The minimum atomic E-state index is -0.996. The van der Waals surface area contributed by atoms with Gasteiger partial charge >= 0.3 is 0 Å². The van der Waals surface area contributed by atoms with Crippen LogP contribution in [0, 0.1) is 17.5 Å². The highest BCUT2D eigenvalue weighted by Crippen LogP contribution is 2.24. The van der Waals surface area contributed by atoms with Crippen molar-refractivity contribution in [2.24, 2.45) is 7.05 Å². The van der Waals surface area contributed by atoms with E-state index in [1.165, 1.54) is 24.4 Å². The third kappa shape index (κ3) is 3.40. The summed E-state index contributed by atoms with van der Waals surface area (Å²) in [7, 11) is 1.70. The molecule has 0 saturated carbocycles. The first-order valence-electron chi connectivity index (χ1n) is 7.45. The zero-order valence-electron chi connectivity index (χ0n) is 13.2. The number of hydrogen-bond donors (Lipinski definition) is 1. The molecule has 0 aliphatic carbocycles. The van der Waals surface area contributed by atoms with Gasteiger partial charge in [-0.1, -0.05) is 18.2 Å². The third-order valence-corrected chi connectivity index (χ3v) is 3.78. The summed E-state index contributed by atoms with van der Waals surface area (Å²) in [5.41, 5.74) is -0.149. The molecule has 0 spiro atoms. The first kappa shape index (κ1) is 16.8. The summed E-state index contributed by atoms with van der Waals surface area (Å²) in [4.78, 5) is 16.6. The Labute approximate surface area is 141 Å². The van der Waals surface area contributed by atoms with Crippen LogP contribution in [0.5, 0.6) is 0 Å². The maximum absolute atomic E-state index is 14.2. The summed E-state index contributed by atoms with van der Waals surface area (Å²) in [6, 6.07) is 7.63. The lowest BCUT2D eigenvalue weighted by atomic mass is 10.0. The molecule has 0 radical (unpaired) electrons. The van der Waals surface area contributed by atoms with Gasteiger partial charge in [0, 0.05) is 31.1 Å². The van der Waals surface area contributed by atoms with Crippen LogP contribution >= 0.6 is 0 Å². The fourth-order valence-electron chi connectivity index (χ4n) is 2.53. The molecule has 0 bridgehead atoms. The maximum Gasteiger partial charge on any atom is 0.255 e. The van der Waals surface area contributed by atoms with Gasteiger partial charge in [0.25, 0.3) is 5.91 Å². The van der Waals surface area contributed by atoms with Crippen molar-refractivity contribution in [1.29, 1.82) is 0 Å². The van der Waals surface area contributed by atoms with Crippen molar-refractivity contribution in [3.8, 4) is 0 Å². The lowest BCUT2D eigenvalue weighted by Crippen LogP contribution is -2.32. The van der Waals surface area contributed by atoms with Crippen LogP contribution in [0.3, 0.4) is 0 Å². The van der Waals surface area contributed by atoms with E-state index >= 15 is 0 Å². The van der Waals surface area contributed by atoms with Gasteiger partial charge < -0.3 is 9.88 Å². The van der Waals surface area contributed by atoms with Crippen LogP contribution in [0.2, 0.25) is 0 Å². The lowest BCUT2D eigenvalue weighted by molar-refractivity contribution is 0.0936. The van der Waals surface area contributed by atoms with Crippen molar-refractivity contribution in [2.75, 3.05) is 0 Å². The number of amides is 1.